The number of hydrogen-bond donors (Lipinski definition) is 4. The summed E-state index contributed by atoms with van der Waals surface area (Å²) in [7, 11) is -9.70. The largest absolute Gasteiger partial charge is 0.472 e. The Labute approximate surface area is 354 Å². The molecule has 0 bridgehead atoms. The van der Waals surface area contributed by atoms with Crippen molar-refractivity contribution >= 4 is 27.6 Å². The van der Waals surface area contributed by atoms with Crippen LogP contribution in [0.1, 0.15) is 168 Å². The highest BCUT2D eigenvalue weighted by Gasteiger charge is 2.36. The number of aliphatic hydroxyl groups excluding tert-OH is 1. The number of phosphoric ester groups is 2. The van der Waals surface area contributed by atoms with Gasteiger partial charge in [-0.25, -0.2) is 9.13 Å². The van der Waals surface area contributed by atoms with Gasteiger partial charge < -0.3 is 34.0 Å². The Balaban J connectivity index is 2.41. The number of allylic oxidation sites excluding steroid dienone is 4. The average Bonchev–Trinajstić information content (AvgIpc) is 3.94. The first kappa shape index (κ1) is 55.3. The molecule has 1 aliphatic rings. The number of ether oxygens (including phenoxy) is 3. The molecule has 59 heavy (non-hydrogen) atoms. The summed E-state index contributed by atoms with van der Waals surface area (Å²) in [5, 5.41) is 9.75. The minimum absolute atomic E-state index is 0.0481. The number of hydrogen-bond acceptors (Lipinski definition) is 11. The van der Waals surface area contributed by atoms with Crippen LogP contribution in [0.15, 0.2) is 36.5 Å². The topological polar surface area (TPSA) is 208 Å². The van der Waals surface area contributed by atoms with E-state index in [0.29, 0.717) is 19.3 Å². The molecule has 16 heteroatoms. The van der Waals surface area contributed by atoms with Crippen LogP contribution in [0.25, 0.3) is 0 Å². The highest BCUT2D eigenvalue weighted by Crippen LogP contribution is 2.44. The molecule has 4 N–H and O–H groups in total. The number of unbranched alkanes of at least 4 members (excludes halogenated alkanes) is 14. The van der Waals surface area contributed by atoms with E-state index < -0.39 is 66.2 Å². The monoisotopic (exact) mass is 880 g/mol. The quantitative estimate of drug-likeness (QED) is 0.0149. The molecule has 1 heterocycles. The molecule has 0 aromatic heterocycles. The molecule has 1 rings (SSSR count). The Bertz CT molecular complexity index is 1270. The van der Waals surface area contributed by atoms with Crippen molar-refractivity contribution in [2.24, 2.45) is 5.92 Å². The summed E-state index contributed by atoms with van der Waals surface area (Å²) < 4.78 is 53.5. The van der Waals surface area contributed by atoms with Crippen molar-refractivity contribution in [3.8, 4) is 0 Å². The van der Waals surface area contributed by atoms with Crippen molar-refractivity contribution < 1.29 is 66.3 Å². The second kappa shape index (κ2) is 34.8. The Morgan fingerprint density at radius 2 is 1.15 bits per heavy atom. The van der Waals surface area contributed by atoms with E-state index in [1.165, 1.54) is 70.6 Å². The molecule has 1 fully saturated rings. The fourth-order valence-electron chi connectivity index (χ4n) is 6.10. The Morgan fingerprint density at radius 3 is 1.78 bits per heavy atom. The number of carbonyl (C=O) groups excluding carboxylic acids is 2. The Morgan fingerprint density at radius 1 is 0.627 bits per heavy atom. The maximum absolute atomic E-state index is 12.7. The van der Waals surface area contributed by atoms with Gasteiger partial charge in [-0.2, -0.15) is 0 Å². The number of epoxide rings is 1. The molecule has 14 nitrogen and oxygen atoms in total. The third-order valence-electron chi connectivity index (χ3n) is 9.60. The lowest BCUT2D eigenvalue weighted by Crippen LogP contribution is -2.29. The van der Waals surface area contributed by atoms with Gasteiger partial charge in [-0.05, 0) is 57.3 Å². The number of phosphoric acid groups is 2. The normalized spacial score (nSPS) is 17.9. The molecule has 1 aliphatic heterocycles. The van der Waals surface area contributed by atoms with E-state index in [2.05, 4.69) is 54.1 Å². The fraction of sp³-hybridized carbons (Fsp3) is 0.814. The fourth-order valence-corrected chi connectivity index (χ4v) is 7.25. The summed E-state index contributed by atoms with van der Waals surface area (Å²) in [5.41, 5.74) is 0. The van der Waals surface area contributed by atoms with Crippen molar-refractivity contribution in [3.63, 3.8) is 0 Å². The minimum atomic E-state index is -4.87. The number of esters is 2. The van der Waals surface area contributed by atoms with Crippen LogP contribution in [0, 0.1) is 5.92 Å². The third-order valence-corrected chi connectivity index (χ3v) is 11.0. The minimum Gasteiger partial charge on any atom is -0.462 e. The molecule has 1 saturated heterocycles. The van der Waals surface area contributed by atoms with E-state index >= 15 is 0 Å². The molecule has 0 radical (unpaired) electrons. The zero-order chi connectivity index (χ0) is 43.6. The third kappa shape index (κ3) is 36.7. The second-order valence-electron chi connectivity index (χ2n) is 15.8. The van der Waals surface area contributed by atoms with Gasteiger partial charge >= 0.3 is 27.6 Å². The van der Waals surface area contributed by atoms with Gasteiger partial charge in [0.05, 0.1) is 32.0 Å². The zero-order valence-corrected chi connectivity index (χ0v) is 38.0. The maximum atomic E-state index is 12.7. The molecule has 0 aromatic carbocycles. The average molecular weight is 881 g/mol. The van der Waals surface area contributed by atoms with Gasteiger partial charge in [0, 0.05) is 12.8 Å². The molecular formula is C43H78O14P2. The second-order valence-corrected chi connectivity index (χ2v) is 18.5. The smallest absolute Gasteiger partial charge is 0.462 e. The van der Waals surface area contributed by atoms with E-state index in [4.69, 9.17) is 28.5 Å². The first-order valence-electron chi connectivity index (χ1n) is 22.2. The van der Waals surface area contributed by atoms with Gasteiger partial charge in [0.2, 0.25) is 0 Å². The molecular weight excluding hydrogens is 802 g/mol. The van der Waals surface area contributed by atoms with E-state index in [1.54, 1.807) is 0 Å². The van der Waals surface area contributed by atoms with Crippen LogP contribution in [0.2, 0.25) is 0 Å². The van der Waals surface area contributed by atoms with Crippen LogP contribution in [0.5, 0.6) is 0 Å². The lowest BCUT2D eigenvalue weighted by molar-refractivity contribution is -0.161. The van der Waals surface area contributed by atoms with Crippen molar-refractivity contribution in [1.82, 2.24) is 0 Å². The first-order chi connectivity index (χ1) is 28.2. The van der Waals surface area contributed by atoms with Crippen LogP contribution in [0.3, 0.4) is 0 Å². The number of aliphatic hydroxyl groups is 1. The molecule has 5 atom stereocenters. The zero-order valence-electron chi connectivity index (χ0n) is 36.2. The van der Waals surface area contributed by atoms with Gasteiger partial charge in [0.1, 0.15) is 12.7 Å². The summed E-state index contributed by atoms with van der Waals surface area (Å²) in [5.74, 6) is -0.321. The van der Waals surface area contributed by atoms with E-state index in [0.717, 1.165) is 50.9 Å². The summed E-state index contributed by atoms with van der Waals surface area (Å²) in [6, 6.07) is 0. The standard InChI is InChI=1S/C43H78O14P2/c1-4-5-6-7-8-12-16-19-24-29-40-41(57-40)30-25-21-22-27-32-43(46)56-39(36-55-59(50,51)54-34-38(44)33-53-58(47,48)49)35-52-42(45)31-26-20-17-14-11-9-10-13-15-18-23-28-37(2)3/h8,12,19,21,24-25,37-41,44H,4-7,9-11,13-18,20,22-23,26-36H2,1-3H3,(H,50,51)(H2,47,48,49)/b12-8-,24-19-,25-21-/t38-,39+,40?,41?/m0/s1. The van der Waals surface area contributed by atoms with Gasteiger partial charge in [0.15, 0.2) is 6.10 Å². The van der Waals surface area contributed by atoms with E-state index in [1.807, 2.05) is 12.2 Å². The summed E-state index contributed by atoms with van der Waals surface area (Å²) in [6.45, 7) is 3.96. The van der Waals surface area contributed by atoms with E-state index in [-0.39, 0.29) is 25.0 Å². The maximum Gasteiger partial charge on any atom is 0.472 e. The first-order valence-corrected chi connectivity index (χ1v) is 25.2. The molecule has 0 aliphatic carbocycles. The summed E-state index contributed by atoms with van der Waals surface area (Å²) in [6.07, 6.45) is 33.2. The van der Waals surface area contributed by atoms with Crippen LogP contribution >= 0.6 is 15.6 Å². The van der Waals surface area contributed by atoms with Gasteiger partial charge in [-0.15, -0.1) is 0 Å². The van der Waals surface area contributed by atoms with Crippen molar-refractivity contribution in [2.45, 2.75) is 193 Å². The lowest BCUT2D eigenvalue weighted by Gasteiger charge is -2.20. The van der Waals surface area contributed by atoms with Gasteiger partial charge in [-0.3, -0.25) is 23.2 Å². The molecule has 0 aromatic rings. The molecule has 344 valence electrons. The summed E-state index contributed by atoms with van der Waals surface area (Å²) in [4.78, 5) is 52.7. The Kier molecular flexibility index (Phi) is 32.7. The Hall–Kier alpha value is -1.70. The predicted molar refractivity (Wildman–Crippen MR) is 229 cm³/mol. The van der Waals surface area contributed by atoms with Gasteiger partial charge in [0.25, 0.3) is 0 Å². The van der Waals surface area contributed by atoms with Crippen LogP contribution in [0.4, 0.5) is 0 Å². The SMILES string of the molecule is CCCCC/C=C\C/C=C\CC1OC1C/C=C\CCCC(=O)O[C@H](COC(=O)CCCCCCCCCCCCCC(C)C)COP(=O)(O)OC[C@@H](O)COP(=O)(O)O. The molecule has 0 spiro atoms. The lowest BCUT2D eigenvalue weighted by atomic mass is 10.0. The highest BCUT2D eigenvalue weighted by molar-refractivity contribution is 7.47. The van der Waals surface area contributed by atoms with Crippen LogP contribution in [-0.2, 0) is 46.5 Å². The molecule has 0 saturated carbocycles. The van der Waals surface area contributed by atoms with Crippen molar-refractivity contribution in [3.05, 3.63) is 36.5 Å². The highest BCUT2D eigenvalue weighted by atomic mass is 31.2. The number of carbonyl (C=O) groups is 2. The molecule has 3 unspecified atom stereocenters. The van der Waals surface area contributed by atoms with Crippen molar-refractivity contribution in [2.75, 3.05) is 26.4 Å². The predicted octanol–water partition coefficient (Wildman–Crippen LogP) is 10.1. The number of rotatable bonds is 40. The van der Waals surface area contributed by atoms with E-state index in [9.17, 15) is 28.7 Å². The van der Waals surface area contributed by atoms with Crippen molar-refractivity contribution in [1.29, 1.82) is 0 Å². The summed E-state index contributed by atoms with van der Waals surface area (Å²) >= 11 is 0. The van der Waals surface area contributed by atoms with Crippen LogP contribution < -0.4 is 0 Å². The van der Waals surface area contributed by atoms with Crippen LogP contribution in [-0.4, -0.2) is 82.6 Å². The van der Waals surface area contributed by atoms with Gasteiger partial charge in [-0.1, -0.05) is 141 Å². The molecule has 0 amide bonds.